The number of thioether (sulfide) groups is 2. The maximum atomic E-state index is 4.27. The lowest BCUT2D eigenvalue weighted by molar-refractivity contribution is 0.555. The minimum Gasteiger partial charge on any atom is -0.312 e. The fourth-order valence-corrected chi connectivity index (χ4v) is 4.98. The molecule has 2 unspecified atom stereocenters. The van der Waals surface area contributed by atoms with Gasteiger partial charge in [-0.2, -0.15) is 0 Å². The van der Waals surface area contributed by atoms with Gasteiger partial charge in [-0.05, 0) is 25.3 Å². The second-order valence-electron chi connectivity index (χ2n) is 4.28. The Bertz CT molecular complexity index is 515. The molecule has 0 amide bonds. The van der Waals surface area contributed by atoms with E-state index in [-0.39, 0.29) is 0 Å². The van der Waals surface area contributed by atoms with E-state index >= 15 is 0 Å². The van der Waals surface area contributed by atoms with Gasteiger partial charge in [0.25, 0.3) is 0 Å². The molecular weight excluding hydrogens is 306 g/mol. The Labute approximate surface area is 133 Å². The first-order chi connectivity index (χ1) is 9.78. The number of rotatable bonds is 7. The molecule has 2 rings (SSSR count). The van der Waals surface area contributed by atoms with Crippen molar-refractivity contribution in [2.45, 2.75) is 33.3 Å². The van der Waals surface area contributed by atoms with Crippen LogP contribution < -0.4 is 5.32 Å². The van der Waals surface area contributed by atoms with E-state index in [0.717, 1.165) is 15.1 Å². The highest BCUT2D eigenvalue weighted by molar-refractivity contribution is 8.03. The number of aromatic nitrogens is 2. The summed E-state index contributed by atoms with van der Waals surface area (Å²) in [6.07, 6.45) is 3.12. The van der Waals surface area contributed by atoms with Crippen molar-refractivity contribution >= 4 is 34.9 Å². The Kier molecular flexibility index (Phi) is 6.35. The number of hydrogen-bond donors (Lipinski definition) is 1. The summed E-state index contributed by atoms with van der Waals surface area (Å²) in [5, 5.41) is 12.3. The van der Waals surface area contributed by atoms with Crippen molar-refractivity contribution in [1.29, 1.82) is 0 Å². The Morgan fingerprint density at radius 3 is 2.45 bits per heavy atom. The van der Waals surface area contributed by atoms with Crippen LogP contribution in [-0.2, 0) is 0 Å². The summed E-state index contributed by atoms with van der Waals surface area (Å²) in [6, 6.07) is 10.9. The number of benzene rings is 1. The van der Waals surface area contributed by atoms with E-state index in [1.807, 2.05) is 25.1 Å². The molecule has 0 radical (unpaired) electrons. The summed E-state index contributed by atoms with van der Waals surface area (Å²) in [4.78, 5) is 0. The van der Waals surface area contributed by atoms with Crippen molar-refractivity contribution in [3.8, 4) is 0 Å². The Morgan fingerprint density at radius 2 is 1.90 bits per heavy atom. The molecule has 1 aromatic heterocycles. The van der Waals surface area contributed by atoms with Gasteiger partial charge in [-0.15, -0.1) is 10.2 Å². The Hall–Kier alpha value is -0.560. The third-order valence-corrected chi connectivity index (χ3v) is 6.48. The van der Waals surface area contributed by atoms with Crippen molar-refractivity contribution < 1.29 is 0 Å². The summed E-state index contributed by atoms with van der Waals surface area (Å²) >= 11 is 5.15. The highest BCUT2D eigenvalue weighted by Gasteiger charge is 2.22. The molecule has 108 valence electrons. The average Bonchev–Trinajstić information content (AvgIpc) is 2.96. The number of hydrogen-bond acceptors (Lipinski definition) is 6. The van der Waals surface area contributed by atoms with Gasteiger partial charge in [0.15, 0.2) is 8.68 Å². The first-order valence-electron chi connectivity index (χ1n) is 6.54. The fraction of sp³-hybridized carbons (Fsp3) is 0.429. The van der Waals surface area contributed by atoms with Crippen LogP contribution in [0.15, 0.2) is 39.0 Å². The van der Waals surface area contributed by atoms with E-state index in [4.69, 9.17) is 0 Å². The zero-order valence-corrected chi connectivity index (χ0v) is 14.3. The molecule has 1 aromatic carbocycles. The van der Waals surface area contributed by atoms with Crippen molar-refractivity contribution in [2.24, 2.45) is 0 Å². The molecule has 0 aliphatic heterocycles. The molecule has 6 heteroatoms. The molecule has 1 N–H and O–H groups in total. The summed E-state index contributed by atoms with van der Waals surface area (Å²) in [5.74, 6) is 0. The molecule has 2 aromatic rings. The molecular formula is C14H19N3S3. The SMILES string of the molecule is CCC(Sc1nnc(SC)s1)C(NC)c1ccccc1. The normalized spacial score (nSPS) is 14.2. The number of nitrogens with one attached hydrogen (secondary N) is 1. The van der Waals surface area contributed by atoms with Gasteiger partial charge >= 0.3 is 0 Å². The second kappa shape index (κ2) is 8.02. The van der Waals surface area contributed by atoms with Gasteiger partial charge < -0.3 is 5.32 Å². The van der Waals surface area contributed by atoms with E-state index in [9.17, 15) is 0 Å². The van der Waals surface area contributed by atoms with E-state index < -0.39 is 0 Å². The van der Waals surface area contributed by atoms with Crippen molar-refractivity contribution in [3.63, 3.8) is 0 Å². The molecule has 0 bridgehead atoms. The lowest BCUT2D eigenvalue weighted by Crippen LogP contribution is -2.26. The van der Waals surface area contributed by atoms with Gasteiger partial charge in [-0.1, -0.05) is 72.1 Å². The van der Waals surface area contributed by atoms with E-state index in [1.54, 1.807) is 23.1 Å². The highest BCUT2D eigenvalue weighted by atomic mass is 32.2. The zero-order valence-electron chi connectivity index (χ0n) is 11.9. The minimum atomic E-state index is 0.327. The summed E-state index contributed by atoms with van der Waals surface area (Å²) in [5.41, 5.74) is 1.32. The standard InChI is InChI=1S/C14H19N3S3/c1-4-11(19-14-17-16-13(18-3)20-14)12(15-2)10-8-6-5-7-9-10/h5-9,11-12,15H,4H2,1-3H3. The monoisotopic (exact) mass is 325 g/mol. The molecule has 20 heavy (non-hydrogen) atoms. The van der Waals surface area contributed by atoms with Crippen LogP contribution in [0, 0.1) is 0 Å². The van der Waals surface area contributed by atoms with Crippen LogP contribution in [0.4, 0.5) is 0 Å². The van der Waals surface area contributed by atoms with Gasteiger partial charge in [0.2, 0.25) is 0 Å². The topological polar surface area (TPSA) is 37.8 Å². The zero-order chi connectivity index (χ0) is 14.4. The predicted octanol–water partition coefficient (Wildman–Crippen LogP) is 4.09. The van der Waals surface area contributed by atoms with Gasteiger partial charge in [0.05, 0.1) is 0 Å². The van der Waals surface area contributed by atoms with Crippen molar-refractivity contribution in [3.05, 3.63) is 35.9 Å². The van der Waals surface area contributed by atoms with Crippen LogP contribution in [0.5, 0.6) is 0 Å². The quantitative estimate of drug-likeness (QED) is 0.776. The molecule has 3 nitrogen and oxygen atoms in total. The van der Waals surface area contributed by atoms with Gasteiger partial charge in [-0.3, -0.25) is 0 Å². The van der Waals surface area contributed by atoms with Crippen LogP contribution in [0.3, 0.4) is 0 Å². The Morgan fingerprint density at radius 1 is 1.20 bits per heavy atom. The fourth-order valence-electron chi connectivity index (χ4n) is 2.07. The average molecular weight is 326 g/mol. The van der Waals surface area contributed by atoms with Crippen molar-refractivity contribution in [2.75, 3.05) is 13.3 Å². The minimum absolute atomic E-state index is 0.327. The summed E-state index contributed by atoms with van der Waals surface area (Å²) in [7, 11) is 2.02. The van der Waals surface area contributed by atoms with Crippen LogP contribution in [0.2, 0.25) is 0 Å². The smallest absolute Gasteiger partial charge is 0.175 e. The van der Waals surface area contributed by atoms with Crippen LogP contribution in [0.25, 0.3) is 0 Å². The highest BCUT2D eigenvalue weighted by Crippen LogP contribution is 2.36. The maximum absolute atomic E-state index is 4.27. The van der Waals surface area contributed by atoms with Crippen LogP contribution in [0.1, 0.15) is 24.9 Å². The molecule has 0 saturated carbocycles. The third-order valence-electron chi connectivity index (χ3n) is 3.06. The third kappa shape index (κ3) is 3.97. The molecule has 1 heterocycles. The maximum Gasteiger partial charge on any atom is 0.175 e. The van der Waals surface area contributed by atoms with E-state index in [0.29, 0.717) is 11.3 Å². The molecule has 0 saturated heterocycles. The summed E-state index contributed by atoms with van der Waals surface area (Å²) in [6.45, 7) is 2.22. The lowest BCUT2D eigenvalue weighted by atomic mass is 10.0. The first-order valence-corrected chi connectivity index (χ1v) is 9.47. The largest absolute Gasteiger partial charge is 0.312 e. The van der Waals surface area contributed by atoms with Gasteiger partial charge in [0.1, 0.15) is 0 Å². The first kappa shape index (κ1) is 15.8. The van der Waals surface area contributed by atoms with E-state index in [2.05, 4.69) is 52.8 Å². The van der Waals surface area contributed by atoms with Crippen molar-refractivity contribution in [1.82, 2.24) is 15.5 Å². The molecule has 0 spiro atoms. The van der Waals surface area contributed by atoms with E-state index in [1.165, 1.54) is 5.56 Å². The molecule has 0 aliphatic rings. The Balaban J connectivity index is 2.13. The van der Waals surface area contributed by atoms with Gasteiger partial charge in [0, 0.05) is 11.3 Å². The molecule has 0 fully saturated rings. The van der Waals surface area contributed by atoms with Crippen LogP contribution in [-0.4, -0.2) is 28.8 Å². The molecule has 2 atom stereocenters. The predicted molar refractivity (Wildman–Crippen MR) is 89.9 cm³/mol. The molecule has 0 aliphatic carbocycles. The lowest BCUT2D eigenvalue weighted by Gasteiger charge is -2.25. The summed E-state index contributed by atoms with van der Waals surface area (Å²) < 4.78 is 2.08. The number of nitrogens with zero attached hydrogens (tertiary/aromatic N) is 2. The van der Waals surface area contributed by atoms with Gasteiger partial charge in [-0.25, -0.2) is 0 Å². The second-order valence-corrected chi connectivity index (χ2v) is 7.80. The van der Waals surface area contributed by atoms with Crippen LogP contribution >= 0.6 is 34.9 Å².